The molecule has 0 aromatic carbocycles. The van der Waals surface area contributed by atoms with Gasteiger partial charge in [0.25, 0.3) is 0 Å². The molecule has 118 valence electrons. The Balaban J connectivity index is 1.67. The van der Waals surface area contributed by atoms with Gasteiger partial charge in [0.1, 0.15) is 0 Å². The van der Waals surface area contributed by atoms with Crippen LogP contribution in [0.5, 0.6) is 0 Å². The molecule has 0 amide bonds. The highest BCUT2D eigenvalue weighted by Crippen LogP contribution is 2.34. The number of likely N-dealkylation sites (tertiary alicyclic amines) is 1. The highest BCUT2D eigenvalue weighted by Gasteiger charge is 2.34. The summed E-state index contributed by atoms with van der Waals surface area (Å²) in [5.74, 6) is 0. The van der Waals surface area contributed by atoms with Gasteiger partial charge >= 0.3 is 0 Å². The molecule has 1 aromatic heterocycles. The van der Waals surface area contributed by atoms with Gasteiger partial charge in [-0.25, -0.2) is 0 Å². The number of morpholine rings is 1. The standard InChI is InChI=1S/C15H24ClN3OS/c1-11(17)15(13-2-3-14(16)21-13)19-5-4-12(10-19)18-6-8-20-9-7-18/h2-3,11-12,15H,4-10,17H2,1H3. The predicted molar refractivity (Wildman–Crippen MR) is 88.1 cm³/mol. The molecule has 3 heterocycles. The van der Waals surface area contributed by atoms with Crippen LogP contribution in [-0.4, -0.2) is 61.3 Å². The maximum atomic E-state index is 6.27. The van der Waals surface area contributed by atoms with Crippen LogP contribution < -0.4 is 5.73 Å². The van der Waals surface area contributed by atoms with E-state index in [0.717, 1.165) is 43.7 Å². The van der Waals surface area contributed by atoms with Gasteiger partial charge in [-0.2, -0.15) is 0 Å². The van der Waals surface area contributed by atoms with Crippen molar-refractivity contribution in [1.82, 2.24) is 9.80 Å². The smallest absolute Gasteiger partial charge is 0.0931 e. The van der Waals surface area contributed by atoms with Crippen LogP contribution in [0.3, 0.4) is 0 Å². The Morgan fingerprint density at radius 3 is 2.71 bits per heavy atom. The van der Waals surface area contributed by atoms with E-state index < -0.39 is 0 Å². The van der Waals surface area contributed by atoms with Crippen molar-refractivity contribution in [2.75, 3.05) is 39.4 Å². The van der Waals surface area contributed by atoms with Crippen molar-refractivity contribution in [3.8, 4) is 0 Å². The first-order valence-corrected chi connectivity index (χ1v) is 8.91. The zero-order chi connectivity index (χ0) is 14.8. The molecule has 2 aliphatic rings. The molecule has 2 N–H and O–H groups in total. The molecule has 1 aromatic rings. The number of nitrogens with two attached hydrogens (primary N) is 1. The summed E-state index contributed by atoms with van der Waals surface area (Å²) in [5.41, 5.74) is 6.27. The Morgan fingerprint density at radius 2 is 2.10 bits per heavy atom. The summed E-state index contributed by atoms with van der Waals surface area (Å²) >= 11 is 7.76. The Bertz CT molecular complexity index is 462. The van der Waals surface area contributed by atoms with Crippen molar-refractivity contribution in [2.45, 2.75) is 31.5 Å². The first-order chi connectivity index (χ1) is 10.1. The minimum atomic E-state index is 0.114. The highest BCUT2D eigenvalue weighted by atomic mass is 35.5. The summed E-state index contributed by atoms with van der Waals surface area (Å²) in [6.45, 7) is 8.17. The van der Waals surface area contributed by atoms with Gasteiger partial charge in [0.05, 0.1) is 23.6 Å². The molecule has 2 saturated heterocycles. The van der Waals surface area contributed by atoms with E-state index in [2.05, 4.69) is 22.8 Å². The van der Waals surface area contributed by atoms with E-state index in [9.17, 15) is 0 Å². The first kappa shape index (κ1) is 15.7. The molecule has 3 atom stereocenters. The molecule has 6 heteroatoms. The van der Waals surface area contributed by atoms with Crippen LogP contribution in [0.4, 0.5) is 0 Å². The fourth-order valence-electron chi connectivity index (χ4n) is 3.52. The summed E-state index contributed by atoms with van der Waals surface area (Å²) in [6.07, 6.45) is 1.22. The van der Waals surface area contributed by atoms with Crippen molar-refractivity contribution in [3.63, 3.8) is 0 Å². The highest BCUT2D eigenvalue weighted by molar-refractivity contribution is 7.16. The second-order valence-electron chi connectivity index (χ2n) is 6.03. The van der Waals surface area contributed by atoms with Crippen molar-refractivity contribution >= 4 is 22.9 Å². The molecular weight excluding hydrogens is 306 g/mol. The lowest BCUT2D eigenvalue weighted by Gasteiger charge is -2.34. The van der Waals surface area contributed by atoms with Crippen LogP contribution in [0.25, 0.3) is 0 Å². The van der Waals surface area contributed by atoms with E-state index in [-0.39, 0.29) is 12.1 Å². The van der Waals surface area contributed by atoms with Crippen molar-refractivity contribution in [2.24, 2.45) is 5.73 Å². The number of hydrogen-bond donors (Lipinski definition) is 1. The maximum Gasteiger partial charge on any atom is 0.0931 e. The number of thiophene rings is 1. The van der Waals surface area contributed by atoms with Gasteiger partial charge < -0.3 is 10.5 Å². The van der Waals surface area contributed by atoms with Gasteiger partial charge in [-0.05, 0) is 25.5 Å². The molecule has 0 saturated carbocycles. The van der Waals surface area contributed by atoms with E-state index in [0.29, 0.717) is 6.04 Å². The quantitative estimate of drug-likeness (QED) is 0.919. The molecule has 2 aliphatic heterocycles. The van der Waals surface area contributed by atoms with Gasteiger partial charge in [-0.3, -0.25) is 9.80 Å². The van der Waals surface area contributed by atoms with Crippen LogP contribution in [0.15, 0.2) is 12.1 Å². The monoisotopic (exact) mass is 329 g/mol. The average molecular weight is 330 g/mol. The Hall–Kier alpha value is -0.170. The zero-order valence-corrected chi connectivity index (χ0v) is 14.1. The van der Waals surface area contributed by atoms with Crippen LogP contribution in [0.1, 0.15) is 24.3 Å². The molecule has 3 unspecified atom stereocenters. The molecular formula is C15H24ClN3OS. The zero-order valence-electron chi connectivity index (χ0n) is 12.5. The lowest BCUT2D eigenvalue weighted by molar-refractivity contribution is 0.0173. The van der Waals surface area contributed by atoms with E-state index >= 15 is 0 Å². The number of halogens is 1. The predicted octanol–water partition coefficient (Wildman–Crippen LogP) is 2.20. The van der Waals surface area contributed by atoms with Crippen LogP contribution in [-0.2, 0) is 4.74 Å². The van der Waals surface area contributed by atoms with Gasteiger partial charge in [0, 0.05) is 43.1 Å². The summed E-state index contributed by atoms with van der Waals surface area (Å²) < 4.78 is 6.30. The number of nitrogens with zero attached hydrogens (tertiary/aromatic N) is 2. The number of hydrogen-bond acceptors (Lipinski definition) is 5. The SMILES string of the molecule is CC(N)C(c1ccc(Cl)s1)N1CCC(N2CCOCC2)C1. The van der Waals surface area contributed by atoms with Crippen LogP contribution in [0, 0.1) is 0 Å². The minimum absolute atomic E-state index is 0.114. The molecule has 0 bridgehead atoms. The molecule has 3 rings (SSSR count). The summed E-state index contributed by atoms with van der Waals surface area (Å²) in [7, 11) is 0. The Morgan fingerprint density at radius 1 is 1.33 bits per heavy atom. The first-order valence-electron chi connectivity index (χ1n) is 7.72. The number of ether oxygens (including phenoxy) is 1. The molecule has 0 spiro atoms. The molecule has 2 fully saturated rings. The van der Waals surface area contributed by atoms with Crippen LogP contribution in [0.2, 0.25) is 4.34 Å². The summed E-state index contributed by atoms with van der Waals surface area (Å²) in [4.78, 5) is 6.40. The van der Waals surface area contributed by atoms with Gasteiger partial charge in [-0.1, -0.05) is 11.6 Å². The van der Waals surface area contributed by atoms with E-state index in [1.165, 1.54) is 11.3 Å². The fourth-order valence-corrected chi connectivity index (χ4v) is 4.83. The van der Waals surface area contributed by atoms with Gasteiger partial charge in [-0.15, -0.1) is 11.3 Å². The lowest BCUT2D eigenvalue weighted by atomic mass is 10.1. The molecule has 0 radical (unpaired) electrons. The van der Waals surface area contributed by atoms with Gasteiger partial charge in [0.2, 0.25) is 0 Å². The third-order valence-electron chi connectivity index (χ3n) is 4.53. The Kier molecular flexibility index (Phi) is 5.19. The van der Waals surface area contributed by atoms with E-state index in [1.54, 1.807) is 11.3 Å². The van der Waals surface area contributed by atoms with Crippen molar-refractivity contribution in [1.29, 1.82) is 0 Å². The topological polar surface area (TPSA) is 41.7 Å². The second-order valence-corrected chi connectivity index (χ2v) is 7.78. The summed E-state index contributed by atoms with van der Waals surface area (Å²) in [6, 6.07) is 5.15. The molecule has 0 aliphatic carbocycles. The molecule has 4 nitrogen and oxygen atoms in total. The van der Waals surface area contributed by atoms with Gasteiger partial charge in [0.15, 0.2) is 0 Å². The fraction of sp³-hybridized carbons (Fsp3) is 0.733. The minimum Gasteiger partial charge on any atom is -0.379 e. The van der Waals surface area contributed by atoms with E-state index in [1.807, 2.05) is 6.07 Å². The number of rotatable bonds is 4. The second kappa shape index (κ2) is 6.94. The average Bonchev–Trinajstić information content (AvgIpc) is 3.10. The van der Waals surface area contributed by atoms with Crippen LogP contribution >= 0.6 is 22.9 Å². The largest absolute Gasteiger partial charge is 0.379 e. The molecule has 21 heavy (non-hydrogen) atoms. The van der Waals surface area contributed by atoms with Crippen molar-refractivity contribution in [3.05, 3.63) is 21.3 Å². The van der Waals surface area contributed by atoms with Crippen molar-refractivity contribution < 1.29 is 4.74 Å². The Labute approximate surface area is 135 Å². The lowest BCUT2D eigenvalue weighted by Crippen LogP contribution is -2.46. The third kappa shape index (κ3) is 3.60. The van der Waals surface area contributed by atoms with E-state index in [4.69, 9.17) is 22.1 Å². The normalized spacial score (nSPS) is 27.9. The summed E-state index contributed by atoms with van der Waals surface area (Å²) in [5, 5.41) is 0. The maximum absolute atomic E-state index is 6.27. The third-order valence-corrected chi connectivity index (χ3v) is 5.84.